The summed E-state index contributed by atoms with van der Waals surface area (Å²) in [5, 5.41) is 5.21. The molecule has 0 spiro atoms. The van der Waals surface area contributed by atoms with Gasteiger partial charge in [-0.25, -0.2) is 19.6 Å². The van der Waals surface area contributed by atoms with Gasteiger partial charge in [0.25, 0.3) is 0 Å². The van der Waals surface area contributed by atoms with Crippen molar-refractivity contribution in [1.82, 2.24) is 29.3 Å². The maximum absolute atomic E-state index is 13.0. The molecule has 192 valence electrons. The number of imidazole rings is 1. The first-order chi connectivity index (χ1) is 17.7. The number of aromatic nitrogens is 6. The molecule has 12 heteroatoms. The number of nitrogens with two attached hydrogens (primary N) is 1. The molecule has 2 N–H and O–H groups in total. The number of ether oxygens (including phenoxy) is 1. The smallest absolute Gasteiger partial charge is 0.434 e. The Labute approximate surface area is 210 Å². The lowest BCUT2D eigenvalue weighted by Gasteiger charge is -2.12. The van der Waals surface area contributed by atoms with Crippen molar-refractivity contribution in [2.75, 3.05) is 14.2 Å². The van der Waals surface area contributed by atoms with Gasteiger partial charge in [-0.1, -0.05) is 24.3 Å². The van der Waals surface area contributed by atoms with E-state index in [-0.39, 0.29) is 11.7 Å². The van der Waals surface area contributed by atoms with Gasteiger partial charge >= 0.3 is 6.18 Å². The van der Waals surface area contributed by atoms with E-state index in [2.05, 4.69) is 20.1 Å². The summed E-state index contributed by atoms with van der Waals surface area (Å²) in [7, 11) is 4.75. The predicted molar refractivity (Wildman–Crippen MR) is 132 cm³/mol. The fourth-order valence-electron chi connectivity index (χ4n) is 4.21. The molecule has 37 heavy (non-hydrogen) atoms. The summed E-state index contributed by atoms with van der Waals surface area (Å²) >= 11 is 0. The molecule has 0 amide bonds. The summed E-state index contributed by atoms with van der Waals surface area (Å²) in [6, 6.07) is 7.14. The third kappa shape index (κ3) is 4.78. The molecule has 9 nitrogen and oxygen atoms in total. The number of allylic oxidation sites excluding steroid dienone is 1. The number of methoxy groups -OCH3 is 1. The fourth-order valence-corrected chi connectivity index (χ4v) is 4.21. The Morgan fingerprint density at radius 3 is 2.49 bits per heavy atom. The summed E-state index contributed by atoms with van der Waals surface area (Å²) in [6.45, 7) is 0.394. The number of hydrogen-bond donors (Lipinski definition) is 1. The van der Waals surface area contributed by atoms with Gasteiger partial charge in [0.05, 0.1) is 30.9 Å². The number of rotatable bonds is 7. The van der Waals surface area contributed by atoms with Crippen molar-refractivity contribution >= 4 is 22.3 Å². The highest BCUT2D eigenvalue weighted by Crippen LogP contribution is 2.36. The van der Waals surface area contributed by atoms with Gasteiger partial charge in [-0.2, -0.15) is 18.3 Å². The lowest BCUT2D eigenvalue weighted by molar-refractivity contribution is -0.140. The summed E-state index contributed by atoms with van der Waals surface area (Å²) in [6.07, 6.45) is 1.90. The van der Waals surface area contributed by atoms with E-state index in [9.17, 15) is 13.2 Å². The second kappa shape index (κ2) is 9.34. The molecule has 4 aromatic rings. The molecule has 0 atom stereocenters. The van der Waals surface area contributed by atoms with Crippen LogP contribution in [0.5, 0.6) is 0 Å². The molecule has 1 fully saturated rings. The first kappa shape index (κ1) is 24.5. The Kier molecular flexibility index (Phi) is 6.18. The molecular formula is C25H25F3N8O. The second-order valence-electron chi connectivity index (χ2n) is 8.86. The Morgan fingerprint density at radius 1 is 1.16 bits per heavy atom. The largest absolute Gasteiger partial charge is 0.482 e. The summed E-state index contributed by atoms with van der Waals surface area (Å²) in [5.41, 5.74) is 8.74. The maximum Gasteiger partial charge on any atom is 0.434 e. The van der Waals surface area contributed by atoms with Crippen molar-refractivity contribution in [3.05, 3.63) is 65.8 Å². The van der Waals surface area contributed by atoms with Gasteiger partial charge in [-0.15, -0.1) is 0 Å². The number of benzene rings is 1. The normalized spacial score (nSPS) is 15.2. The van der Waals surface area contributed by atoms with Crippen LogP contribution in [-0.2, 0) is 24.5 Å². The van der Waals surface area contributed by atoms with E-state index in [0.717, 1.165) is 35.7 Å². The number of nitrogens with zero attached hydrogens (tertiary/aromatic N) is 7. The van der Waals surface area contributed by atoms with E-state index in [1.54, 1.807) is 36.3 Å². The van der Waals surface area contributed by atoms with E-state index in [0.29, 0.717) is 35.1 Å². The number of alkyl halides is 3. The van der Waals surface area contributed by atoms with E-state index in [1.807, 2.05) is 12.1 Å². The minimum Gasteiger partial charge on any atom is -0.482 e. The van der Waals surface area contributed by atoms with Gasteiger partial charge in [0.2, 0.25) is 0 Å². The fraction of sp³-hybridized carbons (Fsp3) is 0.320. The number of hydrogen-bond acceptors (Lipinski definition) is 7. The first-order valence-electron chi connectivity index (χ1n) is 11.6. The molecule has 0 bridgehead atoms. The van der Waals surface area contributed by atoms with Crippen molar-refractivity contribution in [3.63, 3.8) is 0 Å². The van der Waals surface area contributed by atoms with Crippen LogP contribution < -0.4 is 5.73 Å². The third-order valence-electron chi connectivity index (χ3n) is 6.24. The number of halogens is 3. The first-order valence-corrected chi connectivity index (χ1v) is 11.6. The molecule has 1 aliphatic rings. The minimum absolute atomic E-state index is 0.205. The van der Waals surface area contributed by atoms with Gasteiger partial charge in [-0.05, 0) is 18.4 Å². The van der Waals surface area contributed by atoms with Gasteiger partial charge < -0.3 is 15.0 Å². The second-order valence-corrected chi connectivity index (χ2v) is 8.86. The van der Waals surface area contributed by atoms with Crippen LogP contribution >= 0.6 is 0 Å². The van der Waals surface area contributed by atoms with Crippen LogP contribution in [0.2, 0.25) is 0 Å². The molecule has 0 aliphatic heterocycles. The van der Waals surface area contributed by atoms with E-state index in [1.165, 1.54) is 18.7 Å². The predicted octanol–water partition coefficient (Wildman–Crippen LogP) is 4.05. The monoisotopic (exact) mass is 510 g/mol. The molecule has 0 radical (unpaired) electrons. The van der Waals surface area contributed by atoms with Crippen molar-refractivity contribution in [2.45, 2.75) is 25.6 Å². The molecule has 0 unspecified atom stereocenters. The number of aliphatic imine (C=N–C) groups is 1. The van der Waals surface area contributed by atoms with Gasteiger partial charge in [-0.3, -0.25) is 4.99 Å². The lowest BCUT2D eigenvalue weighted by Crippen LogP contribution is -2.16. The van der Waals surface area contributed by atoms with Gasteiger partial charge in [0, 0.05) is 38.0 Å². The number of aryl methyl sites for hydroxylation is 1. The SMILES string of the molecule is CN=C(/C(=C(\N)OC)c1ncc2cnn(Cc3ccc(-c4nc(C(F)(F)F)cn4C)cc3)c2n1)C1CC1. The van der Waals surface area contributed by atoms with Crippen molar-refractivity contribution < 1.29 is 17.9 Å². The zero-order chi connectivity index (χ0) is 26.3. The van der Waals surface area contributed by atoms with Gasteiger partial charge in [0.1, 0.15) is 11.4 Å². The van der Waals surface area contributed by atoms with Crippen LogP contribution in [0.25, 0.3) is 28.0 Å². The zero-order valence-electron chi connectivity index (χ0n) is 20.5. The van der Waals surface area contributed by atoms with Gasteiger partial charge in [0.15, 0.2) is 23.0 Å². The highest BCUT2D eigenvalue weighted by molar-refractivity contribution is 6.25. The highest BCUT2D eigenvalue weighted by atomic mass is 19.4. The van der Waals surface area contributed by atoms with Crippen LogP contribution in [0, 0.1) is 5.92 Å². The summed E-state index contributed by atoms with van der Waals surface area (Å²) < 4.78 is 47.5. The maximum atomic E-state index is 13.0. The third-order valence-corrected chi connectivity index (χ3v) is 6.24. The molecular weight excluding hydrogens is 485 g/mol. The summed E-state index contributed by atoms with van der Waals surface area (Å²) in [5.74, 6) is 1.16. The Bertz CT molecular complexity index is 1510. The van der Waals surface area contributed by atoms with E-state index in [4.69, 9.17) is 15.5 Å². The Balaban J connectivity index is 1.44. The number of fused-ring (bicyclic) bond motifs is 1. The standard InChI is InChI=1S/C25H25F3N8O/c1-30-20(15-8-9-15)19(21(29)37-3)22-31-10-17-11-32-36(24(17)34-22)12-14-4-6-16(7-5-14)23-33-18(13-35(23)2)25(26,27)28/h4-7,10-11,13,15H,8-9,12,29H2,1-3H3/b21-19-,30-20?. The molecule has 3 heterocycles. The average Bonchev–Trinajstić information content (AvgIpc) is 3.53. The summed E-state index contributed by atoms with van der Waals surface area (Å²) in [4.78, 5) is 17.4. The quantitative estimate of drug-likeness (QED) is 0.297. The van der Waals surface area contributed by atoms with Crippen molar-refractivity contribution in [2.24, 2.45) is 23.7 Å². The van der Waals surface area contributed by atoms with Crippen molar-refractivity contribution in [1.29, 1.82) is 0 Å². The molecule has 0 saturated heterocycles. The van der Waals surface area contributed by atoms with Crippen LogP contribution in [0.15, 0.2) is 53.7 Å². The average molecular weight is 511 g/mol. The van der Waals surface area contributed by atoms with Crippen molar-refractivity contribution in [3.8, 4) is 11.4 Å². The highest BCUT2D eigenvalue weighted by Gasteiger charge is 2.35. The molecule has 1 saturated carbocycles. The Hall–Kier alpha value is -4.22. The zero-order valence-corrected chi connectivity index (χ0v) is 20.5. The van der Waals surface area contributed by atoms with E-state index < -0.39 is 11.9 Å². The topological polar surface area (TPSA) is 109 Å². The molecule has 1 aliphatic carbocycles. The van der Waals surface area contributed by atoms with E-state index >= 15 is 0 Å². The van der Waals surface area contributed by atoms with Crippen LogP contribution in [0.3, 0.4) is 0 Å². The van der Waals surface area contributed by atoms with Crippen LogP contribution in [0.1, 0.15) is 29.9 Å². The molecule has 3 aromatic heterocycles. The molecule has 1 aromatic carbocycles. The lowest BCUT2D eigenvalue weighted by atomic mass is 10.1. The van der Waals surface area contributed by atoms with Crippen LogP contribution in [0.4, 0.5) is 13.2 Å². The molecule has 5 rings (SSSR count). The Morgan fingerprint density at radius 2 is 1.89 bits per heavy atom. The minimum atomic E-state index is -4.50. The van der Waals surface area contributed by atoms with Crippen LogP contribution in [-0.4, -0.2) is 49.2 Å².